The number of piperidine rings is 2. The van der Waals surface area contributed by atoms with Crippen LogP contribution in [0.3, 0.4) is 0 Å². The summed E-state index contributed by atoms with van der Waals surface area (Å²) in [6, 6.07) is 5.26. The summed E-state index contributed by atoms with van der Waals surface area (Å²) in [6.07, 6.45) is 5.52. The van der Waals surface area contributed by atoms with Crippen LogP contribution in [0, 0.1) is 5.92 Å². The minimum Gasteiger partial charge on any atom is -0.490 e. The molecule has 2 aliphatic rings. The summed E-state index contributed by atoms with van der Waals surface area (Å²) >= 11 is 0. The van der Waals surface area contributed by atoms with Crippen LogP contribution >= 0.6 is 0 Å². The van der Waals surface area contributed by atoms with Crippen LogP contribution in [0.4, 0.5) is 0 Å². The highest BCUT2D eigenvalue weighted by molar-refractivity contribution is 5.95. The van der Waals surface area contributed by atoms with Crippen molar-refractivity contribution in [2.75, 3.05) is 39.4 Å². The van der Waals surface area contributed by atoms with Gasteiger partial charge in [-0.15, -0.1) is 0 Å². The van der Waals surface area contributed by atoms with Crippen LogP contribution in [0.15, 0.2) is 18.2 Å². The van der Waals surface area contributed by atoms with E-state index in [0.29, 0.717) is 29.6 Å². The lowest BCUT2D eigenvalue weighted by Crippen LogP contribution is -2.39. The van der Waals surface area contributed by atoms with E-state index in [-0.39, 0.29) is 18.4 Å². The van der Waals surface area contributed by atoms with Gasteiger partial charge in [0.2, 0.25) is 0 Å². The summed E-state index contributed by atoms with van der Waals surface area (Å²) in [5.41, 5.74) is 0.604. The topological polar surface area (TPSA) is 59.1 Å². The van der Waals surface area contributed by atoms with Crippen LogP contribution in [-0.2, 0) is 4.79 Å². The molecule has 0 saturated carbocycles. The van der Waals surface area contributed by atoms with E-state index in [0.717, 1.165) is 45.4 Å². The highest BCUT2D eigenvalue weighted by Crippen LogP contribution is 2.30. The van der Waals surface area contributed by atoms with Crippen LogP contribution < -0.4 is 9.47 Å². The molecule has 0 aromatic heterocycles. The van der Waals surface area contributed by atoms with Gasteiger partial charge in [0.25, 0.3) is 11.8 Å². The minimum atomic E-state index is -0.00297. The Morgan fingerprint density at radius 2 is 1.75 bits per heavy atom. The standard InChI is InChI=1S/C22H32N2O4/c1-3-27-20-14-18(22(26)24-13-7-8-17(2)15-24)9-10-19(20)28-16-21(25)23-11-5-4-6-12-23/h9-10,14,17H,3-8,11-13,15-16H2,1-2H3. The number of amides is 2. The fraction of sp³-hybridized carbons (Fsp3) is 0.636. The van der Waals surface area contributed by atoms with Crippen molar-refractivity contribution in [1.82, 2.24) is 9.80 Å². The normalized spacial score (nSPS) is 20.0. The number of hydrogen-bond acceptors (Lipinski definition) is 4. The molecule has 0 bridgehead atoms. The van der Waals surface area contributed by atoms with Crippen LogP contribution in [-0.4, -0.2) is 61.0 Å². The average molecular weight is 389 g/mol. The van der Waals surface area contributed by atoms with Gasteiger partial charge in [0.15, 0.2) is 18.1 Å². The summed E-state index contributed by atoms with van der Waals surface area (Å²) in [5, 5.41) is 0. The third-order valence-electron chi connectivity index (χ3n) is 5.49. The van der Waals surface area contributed by atoms with E-state index in [2.05, 4.69) is 6.92 Å². The quantitative estimate of drug-likeness (QED) is 0.750. The SMILES string of the molecule is CCOc1cc(C(=O)N2CCCC(C)C2)ccc1OCC(=O)N1CCCCC1. The van der Waals surface area contributed by atoms with Gasteiger partial charge >= 0.3 is 0 Å². The number of carbonyl (C=O) groups is 2. The second kappa shape index (κ2) is 9.80. The third kappa shape index (κ3) is 5.18. The maximum atomic E-state index is 12.9. The molecule has 1 atom stereocenters. The van der Waals surface area contributed by atoms with Gasteiger partial charge in [-0.2, -0.15) is 0 Å². The maximum Gasteiger partial charge on any atom is 0.260 e. The predicted octanol–water partition coefficient (Wildman–Crippen LogP) is 3.35. The Balaban J connectivity index is 1.66. The molecule has 0 spiro atoms. The Labute approximate surface area is 167 Å². The minimum absolute atomic E-state index is 0.00297. The molecule has 0 aliphatic carbocycles. The molecule has 3 rings (SSSR count). The molecule has 0 N–H and O–H groups in total. The lowest BCUT2D eigenvalue weighted by atomic mass is 9.99. The predicted molar refractivity (Wildman–Crippen MR) is 108 cm³/mol. The number of benzene rings is 1. The Hall–Kier alpha value is -2.24. The first-order chi connectivity index (χ1) is 13.6. The number of nitrogens with zero attached hydrogens (tertiary/aromatic N) is 2. The van der Waals surface area contributed by atoms with Crippen LogP contribution in [0.1, 0.15) is 56.3 Å². The van der Waals surface area contributed by atoms with Crippen LogP contribution in [0.5, 0.6) is 11.5 Å². The van der Waals surface area contributed by atoms with Gasteiger partial charge in [-0.1, -0.05) is 6.92 Å². The second-order valence-electron chi connectivity index (χ2n) is 7.82. The molecule has 28 heavy (non-hydrogen) atoms. The van der Waals surface area contributed by atoms with E-state index < -0.39 is 0 Å². The summed E-state index contributed by atoms with van der Waals surface area (Å²) in [6.45, 7) is 7.75. The third-order valence-corrected chi connectivity index (χ3v) is 5.49. The monoisotopic (exact) mass is 388 g/mol. The van der Waals surface area contributed by atoms with E-state index in [1.807, 2.05) is 16.7 Å². The van der Waals surface area contributed by atoms with Crippen molar-refractivity contribution in [1.29, 1.82) is 0 Å². The first-order valence-corrected chi connectivity index (χ1v) is 10.5. The first-order valence-electron chi connectivity index (χ1n) is 10.5. The number of carbonyl (C=O) groups excluding carboxylic acids is 2. The zero-order valence-corrected chi connectivity index (χ0v) is 17.1. The first kappa shape index (κ1) is 20.5. The Morgan fingerprint density at radius 3 is 2.46 bits per heavy atom. The molecular formula is C22H32N2O4. The van der Waals surface area contributed by atoms with Crippen LogP contribution in [0.25, 0.3) is 0 Å². The highest BCUT2D eigenvalue weighted by atomic mass is 16.5. The fourth-order valence-corrected chi connectivity index (χ4v) is 3.96. The number of rotatable bonds is 6. The van der Waals surface area contributed by atoms with Gasteiger partial charge in [0.05, 0.1) is 6.61 Å². The van der Waals surface area contributed by atoms with Gasteiger partial charge < -0.3 is 19.3 Å². The molecule has 1 aromatic rings. The number of ether oxygens (including phenoxy) is 2. The molecule has 6 heteroatoms. The summed E-state index contributed by atoms with van der Waals surface area (Å²) in [5.74, 6) is 1.60. The molecule has 2 aliphatic heterocycles. The molecule has 2 amide bonds. The van der Waals surface area contributed by atoms with Gasteiger partial charge in [-0.25, -0.2) is 0 Å². The summed E-state index contributed by atoms with van der Waals surface area (Å²) in [7, 11) is 0. The van der Waals surface area contributed by atoms with E-state index in [1.165, 1.54) is 12.8 Å². The van der Waals surface area contributed by atoms with Crippen molar-refractivity contribution in [3.8, 4) is 11.5 Å². The smallest absolute Gasteiger partial charge is 0.260 e. The molecule has 2 saturated heterocycles. The summed E-state index contributed by atoms with van der Waals surface area (Å²) < 4.78 is 11.5. The molecule has 1 unspecified atom stereocenters. The number of hydrogen-bond donors (Lipinski definition) is 0. The van der Waals surface area contributed by atoms with Gasteiger partial charge in [0, 0.05) is 31.7 Å². The zero-order chi connectivity index (χ0) is 19.9. The number of likely N-dealkylation sites (tertiary alicyclic amines) is 2. The van der Waals surface area contributed by atoms with Crippen molar-refractivity contribution in [3.05, 3.63) is 23.8 Å². The van der Waals surface area contributed by atoms with E-state index in [9.17, 15) is 9.59 Å². The Kier molecular flexibility index (Phi) is 7.18. The average Bonchev–Trinajstić information content (AvgIpc) is 2.73. The lowest BCUT2D eigenvalue weighted by Gasteiger charge is -2.31. The van der Waals surface area contributed by atoms with Gasteiger partial charge in [-0.05, 0) is 63.1 Å². The molecule has 1 aromatic carbocycles. The van der Waals surface area contributed by atoms with Gasteiger partial charge in [-0.3, -0.25) is 9.59 Å². The molecule has 2 fully saturated rings. The van der Waals surface area contributed by atoms with E-state index in [1.54, 1.807) is 18.2 Å². The molecule has 2 heterocycles. The van der Waals surface area contributed by atoms with Gasteiger partial charge in [0.1, 0.15) is 0 Å². The second-order valence-corrected chi connectivity index (χ2v) is 7.82. The van der Waals surface area contributed by atoms with Crippen LogP contribution in [0.2, 0.25) is 0 Å². The van der Waals surface area contributed by atoms with Crippen molar-refractivity contribution >= 4 is 11.8 Å². The Morgan fingerprint density at radius 1 is 1.00 bits per heavy atom. The molecule has 6 nitrogen and oxygen atoms in total. The van der Waals surface area contributed by atoms with Crippen molar-refractivity contribution in [2.24, 2.45) is 5.92 Å². The van der Waals surface area contributed by atoms with Crippen molar-refractivity contribution in [3.63, 3.8) is 0 Å². The lowest BCUT2D eigenvalue weighted by molar-refractivity contribution is -0.134. The molecule has 154 valence electrons. The largest absolute Gasteiger partial charge is 0.490 e. The Bertz CT molecular complexity index is 685. The van der Waals surface area contributed by atoms with Crippen molar-refractivity contribution in [2.45, 2.75) is 46.0 Å². The summed E-state index contributed by atoms with van der Waals surface area (Å²) in [4.78, 5) is 29.0. The fourth-order valence-electron chi connectivity index (χ4n) is 3.96. The maximum absolute atomic E-state index is 12.9. The molecular weight excluding hydrogens is 356 g/mol. The van der Waals surface area contributed by atoms with Crippen molar-refractivity contribution < 1.29 is 19.1 Å². The highest BCUT2D eigenvalue weighted by Gasteiger charge is 2.23. The van der Waals surface area contributed by atoms with E-state index in [4.69, 9.17) is 9.47 Å². The zero-order valence-electron chi connectivity index (χ0n) is 17.1. The molecule has 0 radical (unpaired) electrons. The van der Waals surface area contributed by atoms with E-state index >= 15 is 0 Å².